The van der Waals surface area contributed by atoms with E-state index >= 15 is 0 Å². The maximum atomic E-state index is 11.4. The summed E-state index contributed by atoms with van der Waals surface area (Å²) >= 11 is 6.59. The second-order valence-corrected chi connectivity index (χ2v) is 7.17. The van der Waals surface area contributed by atoms with E-state index in [4.69, 9.17) is 32.2 Å². The van der Waals surface area contributed by atoms with Crippen LogP contribution in [0.2, 0.25) is 0 Å². The van der Waals surface area contributed by atoms with Gasteiger partial charge in [-0.25, -0.2) is 0 Å². The van der Waals surface area contributed by atoms with Crippen LogP contribution in [0.1, 0.15) is 20.1 Å². The number of fused-ring (bicyclic) bond motifs is 1. The van der Waals surface area contributed by atoms with Gasteiger partial charge in [0.1, 0.15) is 16.9 Å². The van der Waals surface area contributed by atoms with Crippen LogP contribution < -0.4 is 10.5 Å². The number of anilines is 1. The molecular formula is C14H18N4O6S2. The number of aliphatic hydroxyl groups excluding tert-OH is 2. The highest BCUT2D eigenvalue weighted by molar-refractivity contribution is 7.73. The Hall–Kier alpha value is -1.86. The van der Waals surface area contributed by atoms with Crippen molar-refractivity contribution in [2.45, 2.75) is 38.4 Å². The minimum absolute atomic E-state index is 0.0243. The number of ether oxygens (including phenoxy) is 3. The number of aliphatic hydroxyl groups is 2. The minimum Gasteiger partial charge on any atom is -0.477 e. The second kappa shape index (κ2) is 7.40. The molecule has 0 bridgehead atoms. The lowest BCUT2D eigenvalue weighted by Gasteiger charge is -2.21. The molecule has 1 saturated heterocycles. The minimum atomic E-state index is -1.23. The number of nitrogen functional groups attached to an aromatic ring is 1. The average Bonchev–Trinajstić information content (AvgIpc) is 3.05. The van der Waals surface area contributed by atoms with Gasteiger partial charge in [0.25, 0.3) is 0 Å². The van der Waals surface area contributed by atoms with Crippen molar-refractivity contribution in [2.24, 2.45) is 0 Å². The van der Waals surface area contributed by atoms with Crippen LogP contribution in [0.3, 0.4) is 0 Å². The number of thiazole rings is 1. The molecule has 4 atom stereocenters. The quantitative estimate of drug-likeness (QED) is 0.475. The number of aromatic nitrogens is 3. The fourth-order valence-corrected chi connectivity index (χ4v) is 4.10. The summed E-state index contributed by atoms with van der Waals surface area (Å²) in [6.45, 7) is 2.94. The van der Waals surface area contributed by atoms with E-state index in [9.17, 15) is 15.0 Å². The Kier molecular flexibility index (Phi) is 5.39. The van der Waals surface area contributed by atoms with Crippen molar-refractivity contribution in [2.75, 3.05) is 18.9 Å². The Labute approximate surface area is 157 Å². The SMILES string of the molecule is CCOc1nc(N)nc2c1sc(=S)n2[C@@H]1O[C@H](CO)[C@@H](O)[C@H]1OC(C)=O. The molecule has 0 aliphatic carbocycles. The Balaban J connectivity index is 2.15. The van der Waals surface area contributed by atoms with Gasteiger partial charge in [0, 0.05) is 6.92 Å². The van der Waals surface area contributed by atoms with E-state index in [1.54, 1.807) is 6.92 Å². The molecule has 10 nitrogen and oxygen atoms in total. The molecule has 1 aliphatic heterocycles. The highest BCUT2D eigenvalue weighted by Crippen LogP contribution is 2.38. The molecule has 142 valence electrons. The Bertz CT molecular complexity index is 884. The smallest absolute Gasteiger partial charge is 0.303 e. The van der Waals surface area contributed by atoms with E-state index in [1.165, 1.54) is 22.8 Å². The predicted octanol–water partition coefficient (Wildman–Crippen LogP) is 0.385. The van der Waals surface area contributed by atoms with Gasteiger partial charge < -0.3 is 30.2 Å². The summed E-state index contributed by atoms with van der Waals surface area (Å²) in [5, 5.41) is 19.8. The van der Waals surface area contributed by atoms with E-state index in [-0.39, 0.29) is 11.8 Å². The molecule has 1 aliphatic rings. The Morgan fingerprint density at radius 2 is 2.23 bits per heavy atom. The van der Waals surface area contributed by atoms with E-state index in [1.807, 2.05) is 0 Å². The number of hydrogen-bond acceptors (Lipinski definition) is 11. The zero-order valence-corrected chi connectivity index (χ0v) is 15.6. The normalized spacial score (nSPS) is 25.5. The van der Waals surface area contributed by atoms with Crippen LogP contribution in [0.4, 0.5) is 5.95 Å². The van der Waals surface area contributed by atoms with E-state index in [0.29, 0.717) is 20.9 Å². The highest BCUT2D eigenvalue weighted by atomic mass is 32.1. The zero-order chi connectivity index (χ0) is 19.0. The van der Waals surface area contributed by atoms with Crippen molar-refractivity contribution in [1.29, 1.82) is 0 Å². The molecule has 26 heavy (non-hydrogen) atoms. The van der Waals surface area contributed by atoms with Crippen molar-refractivity contribution in [1.82, 2.24) is 14.5 Å². The largest absolute Gasteiger partial charge is 0.477 e. The third kappa shape index (κ3) is 3.25. The van der Waals surface area contributed by atoms with Gasteiger partial charge in [-0.3, -0.25) is 9.36 Å². The maximum Gasteiger partial charge on any atom is 0.303 e. The number of nitrogens with zero attached hydrogens (tertiary/aromatic N) is 3. The number of carbonyl (C=O) groups excluding carboxylic acids is 1. The van der Waals surface area contributed by atoms with Crippen LogP contribution in [0, 0.1) is 3.95 Å². The van der Waals surface area contributed by atoms with Crippen molar-refractivity contribution in [3.63, 3.8) is 0 Å². The van der Waals surface area contributed by atoms with Crippen LogP contribution in [0.15, 0.2) is 0 Å². The van der Waals surface area contributed by atoms with Crippen LogP contribution in [0.25, 0.3) is 10.3 Å². The standard InChI is InChI=1S/C14H18N4O6S2/c1-3-22-11-9-10(16-13(15)17-11)18(14(25)26-9)12-8(23-5(2)20)7(21)6(4-19)24-12/h6-8,12,19,21H,3-4H2,1-2H3,(H2,15,16,17)/t6-,7-,8-,12-/m1/s1. The number of rotatable bonds is 5. The first kappa shape index (κ1) is 18.9. The number of carbonyl (C=O) groups is 1. The van der Waals surface area contributed by atoms with Crippen LogP contribution >= 0.6 is 23.6 Å². The molecule has 0 saturated carbocycles. The third-order valence-electron chi connectivity index (χ3n) is 3.78. The Morgan fingerprint density at radius 1 is 1.50 bits per heavy atom. The highest BCUT2D eigenvalue weighted by Gasteiger charge is 2.47. The maximum absolute atomic E-state index is 11.4. The average molecular weight is 402 g/mol. The molecule has 4 N–H and O–H groups in total. The second-order valence-electron chi connectivity index (χ2n) is 5.52. The first-order valence-corrected chi connectivity index (χ1v) is 9.02. The molecule has 3 heterocycles. The van der Waals surface area contributed by atoms with Crippen molar-refractivity contribution >= 4 is 45.8 Å². The van der Waals surface area contributed by atoms with Crippen LogP contribution in [0.5, 0.6) is 5.88 Å². The molecule has 1 fully saturated rings. The third-order valence-corrected chi connectivity index (χ3v) is 5.16. The molecule has 2 aromatic rings. The molecule has 0 unspecified atom stereocenters. The fraction of sp³-hybridized carbons (Fsp3) is 0.571. The van der Waals surface area contributed by atoms with E-state index in [0.717, 1.165) is 0 Å². The predicted molar refractivity (Wildman–Crippen MR) is 94.4 cm³/mol. The number of hydrogen-bond donors (Lipinski definition) is 3. The Morgan fingerprint density at radius 3 is 2.85 bits per heavy atom. The molecule has 0 spiro atoms. The zero-order valence-electron chi connectivity index (χ0n) is 14.0. The molecule has 12 heteroatoms. The van der Waals surface area contributed by atoms with Crippen molar-refractivity contribution in [3.8, 4) is 5.88 Å². The lowest BCUT2D eigenvalue weighted by atomic mass is 10.1. The van der Waals surface area contributed by atoms with Gasteiger partial charge in [0.2, 0.25) is 11.8 Å². The van der Waals surface area contributed by atoms with Gasteiger partial charge in [-0.05, 0) is 19.1 Å². The summed E-state index contributed by atoms with van der Waals surface area (Å²) in [4.78, 5) is 19.7. The molecule has 3 rings (SSSR count). The summed E-state index contributed by atoms with van der Waals surface area (Å²) < 4.78 is 18.8. The lowest BCUT2D eigenvalue weighted by Crippen LogP contribution is -2.36. The van der Waals surface area contributed by atoms with Crippen LogP contribution in [-0.2, 0) is 14.3 Å². The van der Waals surface area contributed by atoms with Crippen molar-refractivity contribution < 1.29 is 29.2 Å². The van der Waals surface area contributed by atoms with Gasteiger partial charge in [-0.1, -0.05) is 11.3 Å². The number of nitrogens with two attached hydrogens (primary N) is 1. The van der Waals surface area contributed by atoms with Crippen LogP contribution in [-0.4, -0.2) is 62.2 Å². The van der Waals surface area contributed by atoms with E-state index in [2.05, 4.69) is 9.97 Å². The molecule has 2 aromatic heterocycles. The molecule has 0 aromatic carbocycles. The van der Waals surface area contributed by atoms with E-state index < -0.39 is 37.1 Å². The first-order valence-electron chi connectivity index (χ1n) is 7.80. The van der Waals surface area contributed by atoms with Gasteiger partial charge in [-0.15, -0.1) is 0 Å². The summed E-state index contributed by atoms with van der Waals surface area (Å²) in [5.74, 6) is -0.341. The van der Waals surface area contributed by atoms with Gasteiger partial charge in [0.05, 0.1) is 13.2 Å². The first-order chi connectivity index (χ1) is 12.4. The van der Waals surface area contributed by atoms with Gasteiger partial charge in [-0.2, -0.15) is 9.97 Å². The summed E-state index contributed by atoms with van der Waals surface area (Å²) in [7, 11) is 0. The van der Waals surface area contributed by atoms with Gasteiger partial charge >= 0.3 is 5.97 Å². The van der Waals surface area contributed by atoms with Gasteiger partial charge in [0.15, 0.2) is 21.9 Å². The monoisotopic (exact) mass is 402 g/mol. The molecule has 0 radical (unpaired) electrons. The summed E-state index contributed by atoms with van der Waals surface area (Å²) in [5.41, 5.74) is 6.10. The lowest BCUT2D eigenvalue weighted by molar-refractivity contribution is -0.155. The fourth-order valence-electron chi connectivity index (χ4n) is 2.76. The summed E-state index contributed by atoms with van der Waals surface area (Å²) in [6, 6.07) is 0. The number of esters is 1. The molecule has 0 amide bonds. The topological polar surface area (TPSA) is 142 Å². The molecular weight excluding hydrogens is 384 g/mol. The summed E-state index contributed by atoms with van der Waals surface area (Å²) in [6.07, 6.45) is -4.21. The van der Waals surface area contributed by atoms with Crippen molar-refractivity contribution in [3.05, 3.63) is 3.95 Å².